The fourth-order valence-electron chi connectivity index (χ4n) is 1.62. The first-order valence-corrected chi connectivity index (χ1v) is 6.01. The van der Waals surface area contributed by atoms with Gasteiger partial charge in [0.15, 0.2) is 11.6 Å². The number of para-hydroxylation sites is 1. The van der Waals surface area contributed by atoms with Gasteiger partial charge in [0, 0.05) is 6.54 Å². The van der Waals surface area contributed by atoms with Crippen molar-refractivity contribution < 1.29 is 9.13 Å². The van der Waals surface area contributed by atoms with Gasteiger partial charge in [0.1, 0.15) is 5.75 Å². The van der Waals surface area contributed by atoms with Crippen molar-refractivity contribution in [3.8, 4) is 11.5 Å². The van der Waals surface area contributed by atoms with Crippen molar-refractivity contribution in [2.45, 2.75) is 13.5 Å². The van der Waals surface area contributed by atoms with Crippen molar-refractivity contribution in [1.29, 1.82) is 0 Å². The molecule has 0 unspecified atom stereocenters. The first-order valence-electron chi connectivity index (χ1n) is 6.01. The van der Waals surface area contributed by atoms with Crippen molar-refractivity contribution in [2.24, 2.45) is 0 Å². The monoisotopic (exact) mass is 245 g/mol. The Morgan fingerprint density at radius 3 is 2.56 bits per heavy atom. The van der Waals surface area contributed by atoms with Crippen LogP contribution < -0.4 is 10.1 Å². The molecule has 0 radical (unpaired) electrons. The average Bonchev–Trinajstić information content (AvgIpc) is 2.40. The van der Waals surface area contributed by atoms with E-state index in [-0.39, 0.29) is 11.6 Å². The van der Waals surface area contributed by atoms with Crippen LogP contribution in [0.25, 0.3) is 0 Å². The molecule has 0 aromatic heterocycles. The molecule has 3 heteroatoms. The molecule has 94 valence electrons. The minimum atomic E-state index is -0.339. The maximum absolute atomic E-state index is 13.8. The van der Waals surface area contributed by atoms with Crippen LogP contribution in [0.1, 0.15) is 12.5 Å². The molecule has 0 atom stereocenters. The summed E-state index contributed by atoms with van der Waals surface area (Å²) >= 11 is 0. The van der Waals surface area contributed by atoms with Crippen molar-refractivity contribution >= 4 is 0 Å². The molecule has 2 aromatic carbocycles. The van der Waals surface area contributed by atoms with E-state index in [0.717, 1.165) is 12.1 Å². The number of benzene rings is 2. The summed E-state index contributed by atoms with van der Waals surface area (Å²) in [6.45, 7) is 3.55. The Morgan fingerprint density at radius 2 is 1.89 bits per heavy atom. The highest BCUT2D eigenvalue weighted by molar-refractivity contribution is 5.34. The third-order valence-electron chi connectivity index (χ3n) is 2.55. The van der Waals surface area contributed by atoms with E-state index in [1.54, 1.807) is 18.2 Å². The van der Waals surface area contributed by atoms with Gasteiger partial charge in [-0.3, -0.25) is 0 Å². The Hall–Kier alpha value is -1.87. The number of hydrogen-bond acceptors (Lipinski definition) is 2. The zero-order valence-corrected chi connectivity index (χ0v) is 10.3. The van der Waals surface area contributed by atoms with Gasteiger partial charge in [0.2, 0.25) is 0 Å². The van der Waals surface area contributed by atoms with E-state index >= 15 is 0 Å². The molecule has 0 saturated carbocycles. The molecule has 2 aromatic rings. The summed E-state index contributed by atoms with van der Waals surface area (Å²) in [6.07, 6.45) is 0. The summed E-state index contributed by atoms with van der Waals surface area (Å²) in [5.41, 5.74) is 0.912. The van der Waals surface area contributed by atoms with Gasteiger partial charge in [0.05, 0.1) is 0 Å². The molecule has 0 aliphatic carbocycles. The molecule has 0 spiro atoms. The van der Waals surface area contributed by atoms with E-state index in [1.807, 2.05) is 31.2 Å². The number of hydrogen-bond donors (Lipinski definition) is 1. The van der Waals surface area contributed by atoms with E-state index in [1.165, 1.54) is 6.07 Å². The van der Waals surface area contributed by atoms with Gasteiger partial charge < -0.3 is 10.1 Å². The maximum atomic E-state index is 13.8. The predicted octanol–water partition coefficient (Wildman–Crippen LogP) is 3.73. The van der Waals surface area contributed by atoms with Crippen molar-refractivity contribution in [3.63, 3.8) is 0 Å². The first kappa shape index (κ1) is 12.6. The van der Waals surface area contributed by atoms with E-state index in [0.29, 0.717) is 12.3 Å². The first-order chi connectivity index (χ1) is 8.79. The van der Waals surface area contributed by atoms with Gasteiger partial charge in [-0.15, -0.1) is 0 Å². The molecule has 0 amide bonds. The third-order valence-corrected chi connectivity index (χ3v) is 2.55. The van der Waals surface area contributed by atoms with Gasteiger partial charge >= 0.3 is 0 Å². The van der Waals surface area contributed by atoms with Crippen LogP contribution in [0.15, 0.2) is 48.5 Å². The van der Waals surface area contributed by atoms with Crippen molar-refractivity contribution in [1.82, 2.24) is 5.32 Å². The summed E-state index contributed by atoms with van der Waals surface area (Å²) in [6, 6.07) is 14.2. The Bertz CT molecular complexity index is 499. The standard InChI is InChI=1S/C15H16FNO/c1-2-17-11-12-8-9-15(14(16)10-12)18-13-6-4-3-5-7-13/h3-10,17H,2,11H2,1H3. The van der Waals surface area contributed by atoms with Crippen LogP contribution in [0.3, 0.4) is 0 Å². The molecule has 2 nitrogen and oxygen atoms in total. The average molecular weight is 245 g/mol. The van der Waals surface area contributed by atoms with Gasteiger partial charge in [-0.25, -0.2) is 4.39 Å². The highest BCUT2D eigenvalue weighted by Crippen LogP contribution is 2.24. The molecular weight excluding hydrogens is 229 g/mol. The Labute approximate surface area is 106 Å². The van der Waals surface area contributed by atoms with Crippen LogP contribution in [0, 0.1) is 5.82 Å². The van der Waals surface area contributed by atoms with Crippen molar-refractivity contribution in [3.05, 3.63) is 59.9 Å². The minimum absolute atomic E-state index is 0.251. The molecule has 2 rings (SSSR count). The number of ether oxygens (including phenoxy) is 1. The van der Waals surface area contributed by atoms with Crippen LogP contribution >= 0.6 is 0 Å². The Kier molecular flexibility index (Phi) is 4.31. The van der Waals surface area contributed by atoms with Gasteiger partial charge in [-0.1, -0.05) is 31.2 Å². The van der Waals surface area contributed by atoms with Gasteiger partial charge in [0.25, 0.3) is 0 Å². The highest BCUT2D eigenvalue weighted by atomic mass is 19.1. The van der Waals surface area contributed by atoms with E-state index in [2.05, 4.69) is 5.32 Å². The van der Waals surface area contributed by atoms with Crippen LogP contribution in [0.5, 0.6) is 11.5 Å². The van der Waals surface area contributed by atoms with Crippen molar-refractivity contribution in [2.75, 3.05) is 6.54 Å². The summed E-state index contributed by atoms with van der Waals surface area (Å²) in [5, 5.41) is 3.15. The highest BCUT2D eigenvalue weighted by Gasteiger charge is 2.05. The number of rotatable bonds is 5. The Balaban J connectivity index is 2.10. The second-order valence-corrected chi connectivity index (χ2v) is 3.96. The second-order valence-electron chi connectivity index (χ2n) is 3.96. The number of nitrogens with one attached hydrogen (secondary N) is 1. The third kappa shape index (κ3) is 3.31. The van der Waals surface area contributed by atoms with E-state index in [9.17, 15) is 4.39 Å². The molecule has 0 bridgehead atoms. The zero-order chi connectivity index (χ0) is 12.8. The second kappa shape index (κ2) is 6.17. The summed E-state index contributed by atoms with van der Waals surface area (Å²) < 4.78 is 19.3. The van der Waals surface area contributed by atoms with Crippen LogP contribution in [-0.4, -0.2) is 6.54 Å². The SMILES string of the molecule is CCNCc1ccc(Oc2ccccc2)c(F)c1. The molecule has 0 aliphatic rings. The lowest BCUT2D eigenvalue weighted by atomic mass is 10.2. The van der Waals surface area contributed by atoms with Crippen LogP contribution in [-0.2, 0) is 6.54 Å². The summed E-state index contributed by atoms with van der Waals surface area (Å²) in [5.74, 6) is 0.548. The van der Waals surface area contributed by atoms with Gasteiger partial charge in [-0.2, -0.15) is 0 Å². The molecule has 0 fully saturated rings. The van der Waals surface area contributed by atoms with Crippen LogP contribution in [0.4, 0.5) is 4.39 Å². The molecule has 0 saturated heterocycles. The molecule has 0 heterocycles. The normalized spacial score (nSPS) is 10.3. The lowest BCUT2D eigenvalue weighted by Crippen LogP contribution is -2.11. The predicted molar refractivity (Wildman–Crippen MR) is 70.3 cm³/mol. The van der Waals surface area contributed by atoms with E-state index < -0.39 is 0 Å². The summed E-state index contributed by atoms with van der Waals surface area (Å²) in [4.78, 5) is 0. The quantitative estimate of drug-likeness (QED) is 0.866. The van der Waals surface area contributed by atoms with E-state index in [4.69, 9.17) is 4.74 Å². The Morgan fingerprint density at radius 1 is 1.11 bits per heavy atom. The zero-order valence-electron chi connectivity index (χ0n) is 10.3. The topological polar surface area (TPSA) is 21.3 Å². The summed E-state index contributed by atoms with van der Waals surface area (Å²) in [7, 11) is 0. The fraction of sp³-hybridized carbons (Fsp3) is 0.200. The maximum Gasteiger partial charge on any atom is 0.166 e. The van der Waals surface area contributed by atoms with Gasteiger partial charge in [-0.05, 0) is 36.4 Å². The molecular formula is C15H16FNO. The number of halogens is 1. The smallest absolute Gasteiger partial charge is 0.166 e. The minimum Gasteiger partial charge on any atom is -0.454 e. The van der Waals surface area contributed by atoms with Crippen LogP contribution in [0.2, 0.25) is 0 Å². The largest absolute Gasteiger partial charge is 0.454 e. The molecule has 0 aliphatic heterocycles. The molecule has 18 heavy (non-hydrogen) atoms. The lowest BCUT2D eigenvalue weighted by Gasteiger charge is -2.08. The lowest BCUT2D eigenvalue weighted by molar-refractivity contribution is 0.441. The fourth-order valence-corrected chi connectivity index (χ4v) is 1.62. The molecule has 1 N–H and O–H groups in total.